The highest BCUT2D eigenvalue weighted by Crippen LogP contribution is 2.22. The lowest BCUT2D eigenvalue weighted by Gasteiger charge is -2.08. The van der Waals surface area contributed by atoms with Gasteiger partial charge in [0.15, 0.2) is 0 Å². The van der Waals surface area contributed by atoms with Gasteiger partial charge in [0.2, 0.25) is 0 Å². The third-order valence-electron chi connectivity index (χ3n) is 3.03. The SMILES string of the molecule is CC(C)=Cc1cc(C=C(C)C)n(S(=O)(=O)c2ccccc2)c1. The van der Waals surface area contributed by atoms with Crippen LogP contribution in [0.5, 0.6) is 0 Å². The van der Waals surface area contributed by atoms with Gasteiger partial charge >= 0.3 is 0 Å². The van der Waals surface area contributed by atoms with E-state index in [0.717, 1.165) is 16.7 Å². The molecular weight excluding hydrogens is 294 g/mol. The first-order valence-corrected chi connectivity index (χ1v) is 8.57. The van der Waals surface area contributed by atoms with Crippen molar-refractivity contribution in [1.29, 1.82) is 0 Å². The minimum atomic E-state index is -3.59. The molecule has 22 heavy (non-hydrogen) atoms. The van der Waals surface area contributed by atoms with Crippen molar-refractivity contribution in [2.24, 2.45) is 0 Å². The van der Waals surface area contributed by atoms with Crippen molar-refractivity contribution in [2.75, 3.05) is 0 Å². The van der Waals surface area contributed by atoms with Crippen LogP contribution in [-0.4, -0.2) is 12.4 Å². The number of hydrogen-bond acceptors (Lipinski definition) is 2. The van der Waals surface area contributed by atoms with Crippen molar-refractivity contribution in [3.63, 3.8) is 0 Å². The standard InChI is InChI=1S/C18H21NO2S/c1-14(2)10-16-12-17(11-15(3)4)19(13-16)22(20,21)18-8-6-5-7-9-18/h5-13H,1-4H3. The second-order valence-corrected chi connectivity index (χ2v) is 7.57. The van der Waals surface area contributed by atoms with Gasteiger partial charge < -0.3 is 0 Å². The van der Waals surface area contributed by atoms with Crippen molar-refractivity contribution in [1.82, 2.24) is 3.97 Å². The Kier molecular flexibility index (Phi) is 4.71. The predicted octanol–water partition coefficient (Wildman–Crippen LogP) is 4.57. The van der Waals surface area contributed by atoms with E-state index in [-0.39, 0.29) is 4.90 Å². The molecule has 0 aliphatic heterocycles. The Hall–Kier alpha value is -2.07. The lowest BCUT2D eigenvalue weighted by atomic mass is 10.2. The molecule has 0 spiro atoms. The minimum Gasteiger partial charge on any atom is -0.241 e. The van der Waals surface area contributed by atoms with E-state index in [1.54, 1.807) is 36.5 Å². The number of nitrogens with zero attached hydrogens (tertiary/aromatic N) is 1. The largest absolute Gasteiger partial charge is 0.268 e. The van der Waals surface area contributed by atoms with E-state index < -0.39 is 10.0 Å². The maximum Gasteiger partial charge on any atom is 0.268 e. The molecule has 1 aromatic heterocycles. The number of hydrogen-bond donors (Lipinski definition) is 0. The van der Waals surface area contributed by atoms with E-state index >= 15 is 0 Å². The van der Waals surface area contributed by atoms with Crippen molar-refractivity contribution in [3.8, 4) is 0 Å². The van der Waals surface area contributed by atoms with Gasteiger partial charge in [0, 0.05) is 6.20 Å². The number of rotatable bonds is 4. The molecule has 0 aliphatic carbocycles. The first kappa shape index (κ1) is 16.3. The molecule has 2 aromatic rings. The van der Waals surface area contributed by atoms with E-state index in [1.165, 1.54) is 3.97 Å². The topological polar surface area (TPSA) is 39.1 Å². The smallest absolute Gasteiger partial charge is 0.241 e. The first-order valence-electron chi connectivity index (χ1n) is 7.13. The van der Waals surface area contributed by atoms with Gasteiger partial charge in [-0.1, -0.05) is 35.4 Å². The average Bonchev–Trinajstić information content (AvgIpc) is 2.81. The first-order chi connectivity index (χ1) is 10.3. The zero-order chi connectivity index (χ0) is 16.3. The van der Waals surface area contributed by atoms with Crippen molar-refractivity contribution in [2.45, 2.75) is 32.6 Å². The molecule has 116 valence electrons. The van der Waals surface area contributed by atoms with Gasteiger partial charge in [-0.25, -0.2) is 12.4 Å². The number of allylic oxidation sites excluding steroid dienone is 2. The summed E-state index contributed by atoms with van der Waals surface area (Å²) in [7, 11) is -3.59. The molecule has 0 fully saturated rings. The molecule has 0 amide bonds. The van der Waals surface area contributed by atoms with Crippen LogP contribution in [0.3, 0.4) is 0 Å². The van der Waals surface area contributed by atoms with Crippen LogP contribution in [0.25, 0.3) is 12.2 Å². The fourth-order valence-corrected chi connectivity index (χ4v) is 3.58. The fraction of sp³-hybridized carbons (Fsp3) is 0.222. The van der Waals surface area contributed by atoms with Gasteiger partial charge in [-0.2, -0.15) is 0 Å². The highest BCUT2D eigenvalue weighted by Gasteiger charge is 2.19. The summed E-state index contributed by atoms with van der Waals surface area (Å²) in [5.41, 5.74) is 3.72. The van der Waals surface area contributed by atoms with Crippen LogP contribution in [-0.2, 0) is 10.0 Å². The van der Waals surface area contributed by atoms with Crippen LogP contribution in [0.4, 0.5) is 0 Å². The molecule has 3 nitrogen and oxygen atoms in total. The second kappa shape index (κ2) is 6.36. The Morgan fingerprint density at radius 1 is 0.955 bits per heavy atom. The summed E-state index contributed by atoms with van der Waals surface area (Å²) in [6.07, 6.45) is 5.52. The third-order valence-corrected chi connectivity index (χ3v) is 4.73. The molecule has 1 aromatic carbocycles. The van der Waals surface area contributed by atoms with Crippen molar-refractivity contribution >= 4 is 22.2 Å². The van der Waals surface area contributed by atoms with Gasteiger partial charge in [0.1, 0.15) is 0 Å². The molecule has 0 radical (unpaired) electrons. The van der Waals surface area contributed by atoms with Crippen molar-refractivity contribution in [3.05, 3.63) is 65.0 Å². The van der Waals surface area contributed by atoms with E-state index in [1.807, 2.05) is 45.9 Å². The zero-order valence-electron chi connectivity index (χ0n) is 13.4. The Balaban J connectivity index is 2.66. The predicted molar refractivity (Wildman–Crippen MR) is 92.1 cm³/mol. The van der Waals surface area contributed by atoms with E-state index in [0.29, 0.717) is 5.69 Å². The molecule has 0 atom stereocenters. The highest BCUT2D eigenvalue weighted by molar-refractivity contribution is 7.90. The Morgan fingerprint density at radius 3 is 2.09 bits per heavy atom. The van der Waals surface area contributed by atoms with Crippen LogP contribution < -0.4 is 0 Å². The van der Waals surface area contributed by atoms with Gasteiger partial charge in [-0.3, -0.25) is 0 Å². The Labute approximate surface area is 132 Å². The van der Waals surface area contributed by atoms with Gasteiger partial charge in [-0.15, -0.1) is 0 Å². The quantitative estimate of drug-likeness (QED) is 0.829. The summed E-state index contributed by atoms with van der Waals surface area (Å²) >= 11 is 0. The normalized spacial score (nSPS) is 11.1. The molecule has 0 saturated heterocycles. The summed E-state index contributed by atoms with van der Waals surface area (Å²) in [5.74, 6) is 0. The van der Waals surface area contributed by atoms with Gasteiger partial charge in [-0.05, 0) is 57.5 Å². The minimum absolute atomic E-state index is 0.290. The molecule has 0 N–H and O–H groups in total. The summed E-state index contributed by atoms with van der Waals surface area (Å²) in [6, 6.07) is 10.4. The van der Waals surface area contributed by atoms with Crippen LogP contribution in [0.15, 0.2) is 58.6 Å². The van der Waals surface area contributed by atoms with Gasteiger partial charge in [0.05, 0.1) is 10.6 Å². The van der Waals surface area contributed by atoms with Crippen LogP contribution in [0.2, 0.25) is 0 Å². The molecule has 0 bridgehead atoms. The van der Waals surface area contributed by atoms with Crippen LogP contribution in [0.1, 0.15) is 39.0 Å². The molecule has 0 unspecified atom stereocenters. The lowest BCUT2D eigenvalue weighted by molar-refractivity contribution is 0.587. The van der Waals surface area contributed by atoms with E-state index in [2.05, 4.69) is 0 Å². The molecule has 4 heteroatoms. The van der Waals surface area contributed by atoms with Gasteiger partial charge in [0.25, 0.3) is 10.0 Å². The average molecular weight is 315 g/mol. The second-order valence-electron chi connectivity index (χ2n) is 5.76. The fourth-order valence-electron chi connectivity index (χ4n) is 2.21. The summed E-state index contributed by atoms with van der Waals surface area (Å²) in [6.45, 7) is 7.88. The maximum atomic E-state index is 12.8. The molecule has 1 heterocycles. The third kappa shape index (κ3) is 3.57. The van der Waals surface area contributed by atoms with Crippen molar-refractivity contribution < 1.29 is 8.42 Å². The zero-order valence-corrected chi connectivity index (χ0v) is 14.2. The molecule has 0 aliphatic rings. The van der Waals surface area contributed by atoms with Crippen LogP contribution in [0, 0.1) is 0 Å². The molecule has 0 saturated carbocycles. The Bertz CT molecular complexity index is 817. The summed E-state index contributed by atoms with van der Waals surface area (Å²) in [5, 5.41) is 0. The van der Waals surface area contributed by atoms with E-state index in [4.69, 9.17) is 0 Å². The summed E-state index contributed by atoms with van der Waals surface area (Å²) in [4.78, 5) is 0.290. The molecule has 2 rings (SSSR count). The maximum absolute atomic E-state index is 12.8. The highest BCUT2D eigenvalue weighted by atomic mass is 32.2. The summed E-state index contributed by atoms with van der Waals surface area (Å²) < 4.78 is 27.0. The number of benzene rings is 1. The lowest BCUT2D eigenvalue weighted by Crippen LogP contribution is -2.13. The molecular formula is C18H21NO2S. The monoisotopic (exact) mass is 315 g/mol. The van der Waals surface area contributed by atoms with E-state index in [9.17, 15) is 8.42 Å². The van der Waals surface area contributed by atoms with Crippen LogP contribution >= 0.6 is 0 Å². The number of aromatic nitrogens is 1. The Morgan fingerprint density at radius 2 is 1.55 bits per heavy atom.